The van der Waals surface area contributed by atoms with Crippen molar-refractivity contribution >= 4 is 17.9 Å². The molecule has 2 unspecified atom stereocenters. The number of aliphatic hydroxyl groups excluding tert-OH is 1. The lowest BCUT2D eigenvalue weighted by Crippen LogP contribution is -2.55. The van der Waals surface area contributed by atoms with Crippen molar-refractivity contribution in [1.82, 2.24) is 15.5 Å². The zero-order valence-electron chi connectivity index (χ0n) is 21.1. The molecule has 33 heavy (non-hydrogen) atoms. The van der Waals surface area contributed by atoms with E-state index in [0.29, 0.717) is 18.5 Å². The molecule has 0 bridgehead atoms. The van der Waals surface area contributed by atoms with Gasteiger partial charge in [0, 0.05) is 12.6 Å². The average Bonchev–Trinajstić information content (AvgIpc) is 2.69. The van der Waals surface area contributed by atoms with Gasteiger partial charge in [0.15, 0.2) is 0 Å². The Kier molecular flexibility index (Phi) is 11.4. The Labute approximate surface area is 198 Å². The quantitative estimate of drug-likeness (QED) is 0.436. The first-order valence-electron chi connectivity index (χ1n) is 11.7. The number of aryl methyl sites for hydroxylation is 1. The highest BCUT2D eigenvalue weighted by Gasteiger charge is 2.36. The SMILES string of the molecule is CCCCCN(C(=O)C(CO)NC(=O)OC(C)(C)C)C(C(=O)NC(C)C)c1cccc(C)c1. The summed E-state index contributed by atoms with van der Waals surface area (Å²) in [5, 5.41) is 15.3. The van der Waals surface area contributed by atoms with E-state index in [-0.39, 0.29) is 11.9 Å². The molecule has 1 rings (SSSR count). The molecule has 0 radical (unpaired) electrons. The van der Waals surface area contributed by atoms with E-state index in [1.165, 1.54) is 4.90 Å². The number of carbonyl (C=O) groups excluding carboxylic acids is 3. The van der Waals surface area contributed by atoms with E-state index >= 15 is 0 Å². The fourth-order valence-corrected chi connectivity index (χ4v) is 3.41. The van der Waals surface area contributed by atoms with Crippen molar-refractivity contribution in [2.45, 2.75) is 91.5 Å². The Morgan fingerprint density at radius 1 is 1.12 bits per heavy atom. The zero-order valence-corrected chi connectivity index (χ0v) is 21.1. The largest absolute Gasteiger partial charge is 0.444 e. The summed E-state index contributed by atoms with van der Waals surface area (Å²) in [6, 6.07) is 5.20. The van der Waals surface area contributed by atoms with Crippen LogP contribution in [0.2, 0.25) is 0 Å². The van der Waals surface area contributed by atoms with E-state index in [4.69, 9.17) is 4.74 Å². The molecule has 0 aliphatic rings. The van der Waals surface area contributed by atoms with Gasteiger partial charge in [-0.2, -0.15) is 0 Å². The average molecular weight is 464 g/mol. The molecule has 0 aliphatic carbocycles. The summed E-state index contributed by atoms with van der Waals surface area (Å²) in [5.74, 6) is -0.848. The first kappa shape index (κ1) is 28.4. The van der Waals surface area contributed by atoms with Crippen LogP contribution in [0.25, 0.3) is 0 Å². The normalized spacial score (nSPS) is 13.2. The Morgan fingerprint density at radius 2 is 1.79 bits per heavy atom. The van der Waals surface area contributed by atoms with Crippen molar-refractivity contribution in [1.29, 1.82) is 0 Å². The van der Waals surface area contributed by atoms with Crippen molar-refractivity contribution in [3.8, 4) is 0 Å². The Bertz CT molecular complexity index is 788. The molecule has 1 aromatic rings. The van der Waals surface area contributed by atoms with Crippen molar-refractivity contribution in [3.05, 3.63) is 35.4 Å². The lowest BCUT2D eigenvalue weighted by molar-refractivity contribution is -0.143. The van der Waals surface area contributed by atoms with Gasteiger partial charge in [-0.1, -0.05) is 49.6 Å². The topological polar surface area (TPSA) is 108 Å². The van der Waals surface area contributed by atoms with Gasteiger partial charge in [0.05, 0.1) is 6.61 Å². The molecule has 1 aromatic carbocycles. The smallest absolute Gasteiger partial charge is 0.408 e. The summed E-state index contributed by atoms with van der Waals surface area (Å²) in [7, 11) is 0. The van der Waals surface area contributed by atoms with Crippen LogP contribution in [0.5, 0.6) is 0 Å². The van der Waals surface area contributed by atoms with Gasteiger partial charge >= 0.3 is 6.09 Å². The van der Waals surface area contributed by atoms with Gasteiger partial charge in [-0.3, -0.25) is 9.59 Å². The summed E-state index contributed by atoms with van der Waals surface area (Å²) in [6.07, 6.45) is 1.69. The van der Waals surface area contributed by atoms with E-state index in [1.807, 2.05) is 45.0 Å². The van der Waals surface area contributed by atoms with E-state index in [2.05, 4.69) is 17.6 Å². The van der Waals surface area contributed by atoms with Crippen molar-refractivity contribution in [2.75, 3.05) is 13.2 Å². The predicted octanol–water partition coefficient (Wildman–Crippen LogP) is 3.47. The molecule has 0 heterocycles. The van der Waals surface area contributed by atoms with Gasteiger partial charge in [-0.05, 0) is 53.5 Å². The number of amides is 3. The maximum atomic E-state index is 13.6. The number of hydrogen-bond acceptors (Lipinski definition) is 5. The number of alkyl carbamates (subject to hydrolysis) is 1. The molecule has 0 fully saturated rings. The third-order valence-electron chi connectivity index (χ3n) is 4.81. The Morgan fingerprint density at radius 3 is 2.30 bits per heavy atom. The number of carbonyl (C=O) groups is 3. The molecular formula is C25H41N3O5. The maximum Gasteiger partial charge on any atom is 0.408 e. The molecule has 186 valence electrons. The molecule has 0 aliphatic heterocycles. The van der Waals surface area contributed by atoms with Crippen LogP contribution in [0.3, 0.4) is 0 Å². The molecule has 2 atom stereocenters. The van der Waals surface area contributed by atoms with Crippen LogP contribution in [0.15, 0.2) is 24.3 Å². The summed E-state index contributed by atoms with van der Waals surface area (Å²) >= 11 is 0. The number of hydrogen-bond donors (Lipinski definition) is 3. The molecule has 0 saturated heterocycles. The van der Waals surface area contributed by atoms with Crippen LogP contribution in [-0.4, -0.2) is 58.8 Å². The number of nitrogens with zero attached hydrogens (tertiary/aromatic N) is 1. The fourth-order valence-electron chi connectivity index (χ4n) is 3.41. The van der Waals surface area contributed by atoms with E-state index in [1.54, 1.807) is 20.8 Å². The van der Waals surface area contributed by atoms with E-state index in [0.717, 1.165) is 18.4 Å². The molecular weight excluding hydrogens is 422 g/mol. The molecule has 0 spiro atoms. The highest BCUT2D eigenvalue weighted by molar-refractivity contribution is 5.92. The second kappa shape index (κ2) is 13.2. The van der Waals surface area contributed by atoms with Crippen LogP contribution >= 0.6 is 0 Å². The minimum absolute atomic E-state index is 0.120. The highest BCUT2D eigenvalue weighted by Crippen LogP contribution is 2.24. The fraction of sp³-hybridized carbons (Fsp3) is 0.640. The van der Waals surface area contributed by atoms with Crippen molar-refractivity contribution in [2.24, 2.45) is 0 Å². The monoisotopic (exact) mass is 463 g/mol. The third kappa shape index (κ3) is 9.82. The van der Waals surface area contributed by atoms with Crippen molar-refractivity contribution in [3.63, 3.8) is 0 Å². The molecule has 3 amide bonds. The Balaban J connectivity index is 3.35. The van der Waals surface area contributed by atoms with Gasteiger partial charge in [0.1, 0.15) is 17.7 Å². The summed E-state index contributed by atoms with van der Waals surface area (Å²) in [5.41, 5.74) is 0.878. The van der Waals surface area contributed by atoms with Gasteiger partial charge in [0.25, 0.3) is 0 Å². The maximum absolute atomic E-state index is 13.6. The number of aliphatic hydroxyl groups is 1. The summed E-state index contributed by atoms with van der Waals surface area (Å²) in [6.45, 7) is 12.5. The summed E-state index contributed by atoms with van der Waals surface area (Å²) < 4.78 is 5.25. The highest BCUT2D eigenvalue weighted by atomic mass is 16.6. The van der Waals surface area contributed by atoms with Crippen LogP contribution in [0.4, 0.5) is 4.79 Å². The second-order valence-electron chi connectivity index (χ2n) is 9.60. The minimum Gasteiger partial charge on any atom is -0.444 e. The lowest BCUT2D eigenvalue weighted by atomic mass is 10.00. The van der Waals surface area contributed by atoms with Crippen LogP contribution in [0.1, 0.15) is 78.0 Å². The number of nitrogens with one attached hydrogen (secondary N) is 2. The number of rotatable bonds is 11. The third-order valence-corrected chi connectivity index (χ3v) is 4.81. The first-order chi connectivity index (χ1) is 15.4. The van der Waals surface area contributed by atoms with Gasteiger partial charge < -0.3 is 25.4 Å². The lowest BCUT2D eigenvalue weighted by Gasteiger charge is -2.34. The van der Waals surface area contributed by atoms with E-state index in [9.17, 15) is 19.5 Å². The second-order valence-corrected chi connectivity index (χ2v) is 9.60. The van der Waals surface area contributed by atoms with Crippen LogP contribution < -0.4 is 10.6 Å². The predicted molar refractivity (Wildman–Crippen MR) is 129 cm³/mol. The van der Waals surface area contributed by atoms with Crippen molar-refractivity contribution < 1.29 is 24.2 Å². The minimum atomic E-state index is -1.24. The molecule has 0 aromatic heterocycles. The van der Waals surface area contributed by atoms with E-state index < -0.39 is 36.3 Å². The molecule has 8 heteroatoms. The Hall–Kier alpha value is -2.61. The van der Waals surface area contributed by atoms with Gasteiger partial charge in [-0.25, -0.2) is 4.79 Å². The summed E-state index contributed by atoms with van der Waals surface area (Å²) in [4.78, 5) is 40.6. The van der Waals surface area contributed by atoms with Gasteiger partial charge in [0.2, 0.25) is 11.8 Å². The zero-order chi connectivity index (χ0) is 25.2. The molecule has 3 N–H and O–H groups in total. The number of benzene rings is 1. The number of unbranched alkanes of at least 4 members (excludes halogenated alkanes) is 2. The molecule has 8 nitrogen and oxygen atoms in total. The van der Waals surface area contributed by atoms with Crippen LogP contribution in [-0.2, 0) is 14.3 Å². The first-order valence-corrected chi connectivity index (χ1v) is 11.7. The van der Waals surface area contributed by atoms with Gasteiger partial charge in [-0.15, -0.1) is 0 Å². The standard InChI is InChI=1S/C25H41N3O5/c1-8-9-10-14-28(23(31)20(16-29)27-24(32)33-25(5,6)7)21(22(30)26-17(2)3)19-13-11-12-18(4)15-19/h11-13,15,17,20-21,29H,8-10,14,16H2,1-7H3,(H,26,30)(H,27,32). The molecule has 0 saturated carbocycles. The van der Waals surface area contributed by atoms with Crippen LogP contribution in [0, 0.1) is 6.92 Å². The number of ether oxygens (including phenoxy) is 1.